The fourth-order valence-corrected chi connectivity index (χ4v) is 3.94. The molecule has 8 nitrogen and oxygen atoms in total. The highest BCUT2D eigenvalue weighted by molar-refractivity contribution is 14.0. The van der Waals surface area contributed by atoms with Crippen molar-refractivity contribution in [2.24, 2.45) is 4.99 Å². The van der Waals surface area contributed by atoms with E-state index < -0.39 is 0 Å². The maximum atomic E-state index is 5.99. The van der Waals surface area contributed by atoms with Gasteiger partial charge in [-0.3, -0.25) is 4.99 Å². The van der Waals surface area contributed by atoms with Gasteiger partial charge in [0.2, 0.25) is 5.13 Å². The average molecular weight is 546 g/mol. The second kappa shape index (κ2) is 12.1. The number of nitrogens with zero attached hydrogens (tertiary/aromatic N) is 5. The van der Waals surface area contributed by atoms with Crippen molar-refractivity contribution in [2.45, 2.75) is 26.4 Å². The third-order valence-electron chi connectivity index (χ3n) is 4.76. The zero-order valence-corrected chi connectivity index (χ0v) is 21.1. The Morgan fingerprint density at radius 1 is 1.27 bits per heavy atom. The van der Waals surface area contributed by atoms with E-state index in [-0.39, 0.29) is 30.1 Å². The minimum atomic E-state index is -0.00555. The van der Waals surface area contributed by atoms with Crippen LogP contribution in [0.4, 0.5) is 5.13 Å². The van der Waals surface area contributed by atoms with Gasteiger partial charge < -0.3 is 24.6 Å². The quantitative estimate of drug-likeness (QED) is 0.325. The Kier molecular flexibility index (Phi) is 9.89. The lowest BCUT2D eigenvalue weighted by atomic mass is 10.3. The first kappa shape index (κ1) is 24.4. The van der Waals surface area contributed by atoms with Crippen LogP contribution in [-0.2, 0) is 6.42 Å². The van der Waals surface area contributed by atoms with Crippen LogP contribution in [0.3, 0.4) is 0 Å². The zero-order chi connectivity index (χ0) is 20.6. The normalized spacial score (nSPS) is 15.4. The van der Waals surface area contributed by atoms with E-state index in [4.69, 9.17) is 9.47 Å². The molecule has 1 unspecified atom stereocenters. The molecule has 3 rings (SSSR count). The highest BCUT2D eigenvalue weighted by Gasteiger charge is 2.22. The molecule has 1 saturated heterocycles. The smallest absolute Gasteiger partial charge is 0.205 e. The van der Waals surface area contributed by atoms with Gasteiger partial charge in [-0.25, -0.2) is 4.98 Å². The standard InChI is InChI=1S/C20H30N6O2S.HI/c1-5-18-23-20(29-24-18)26-11-9-25(10-12-26)19(21-3)22-14-15(2)28-17-8-6-7-16(13-17)27-4;/h6-8,13,15H,5,9-12,14H2,1-4H3,(H,21,22);1H. The average Bonchev–Trinajstić information content (AvgIpc) is 3.24. The number of ether oxygens (including phenoxy) is 2. The van der Waals surface area contributed by atoms with Gasteiger partial charge in [0.25, 0.3) is 0 Å². The maximum absolute atomic E-state index is 5.99. The highest BCUT2D eigenvalue weighted by atomic mass is 127. The molecule has 1 N–H and O–H groups in total. The van der Waals surface area contributed by atoms with Crippen LogP contribution in [0.25, 0.3) is 0 Å². The molecule has 1 fully saturated rings. The number of hydrogen-bond donors (Lipinski definition) is 1. The molecule has 0 amide bonds. The number of anilines is 1. The molecule has 0 saturated carbocycles. The number of rotatable bonds is 7. The lowest BCUT2D eigenvalue weighted by Gasteiger charge is -2.36. The monoisotopic (exact) mass is 546 g/mol. The van der Waals surface area contributed by atoms with E-state index >= 15 is 0 Å². The minimum absolute atomic E-state index is 0. The molecule has 0 bridgehead atoms. The summed E-state index contributed by atoms with van der Waals surface area (Å²) in [4.78, 5) is 13.6. The molecule has 0 aliphatic carbocycles. The minimum Gasteiger partial charge on any atom is -0.497 e. The van der Waals surface area contributed by atoms with Gasteiger partial charge >= 0.3 is 0 Å². The van der Waals surface area contributed by atoms with Gasteiger partial charge in [-0.2, -0.15) is 4.37 Å². The number of benzene rings is 1. The summed E-state index contributed by atoms with van der Waals surface area (Å²) in [5.41, 5.74) is 0. The first-order valence-corrected chi connectivity index (χ1v) is 10.7. The van der Waals surface area contributed by atoms with Gasteiger partial charge in [0, 0.05) is 57.2 Å². The Hall–Kier alpha value is -1.82. The second-order valence-electron chi connectivity index (χ2n) is 6.86. The molecule has 2 heterocycles. The zero-order valence-electron chi connectivity index (χ0n) is 18.0. The number of methoxy groups -OCH3 is 1. The van der Waals surface area contributed by atoms with E-state index in [0.717, 1.165) is 61.0 Å². The van der Waals surface area contributed by atoms with Crippen molar-refractivity contribution in [1.82, 2.24) is 19.6 Å². The molecule has 30 heavy (non-hydrogen) atoms. The molecular formula is C20H31IN6O2S. The number of guanidine groups is 1. The molecule has 166 valence electrons. The van der Waals surface area contributed by atoms with Crippen molar-refractivity contribution < 1.29 is 9.47 Å². The molecule has 1 aliphatic heterocycles. The first-order valence-electron chi connectivity index (χ1n) is 9.96. The lowest BCUT2D eigenvalue weighted by Crippen LogP contribution is -2.53. The number of piperazine rings is 1. The molecular weight excluding hydrogens is 515 g/mol. The van der Waals surface area contributed by atoms with Gasteiger partial charge in [-0.05, 0) is 19.1 Å². The van der Waals surface area contributed by atoms with Gasteiger partial charge in [0.15, 0.2) is 5.96 Å². The van der Waals surface area contributed by atoms with Crippen LogP contribution < -0.4 is 19.7 Å². The van der Waals surface area contributed by atoms with Crippen molar-refractivity contribution in [3.63, 3.8) is 0 Å². The highest BCUT2D eigenvalue weighted by Crippen LogP contribution is 2.20. The van der Waals surface area contributed by atoms with E-state index in [1.807, 2.05) is 38.2 Å². The summed E-state index contributed by atoms with van der Waals surface area (Å²) in [6.07, 6.45) is 0.872. The largest absolute Gasteiger partial charge is 0.497 e. The summed E-state index contributed by atoms with van der Waals surface area (Å²) in [5, 5.41) is 4.45. The Morgan fingerprint density at radius 3 is 2.63 bits per heavy atom. The predicted octanol–water partition coefficient (Wildman–Crippen LogP) is 2.89. The summed E-state index contributed by atoms with van der Waals surface area (Å²) in [5.74, 6) is 3.41. The number of aliphatic imine (C=N–C) groups is 1. The fraction of sp³-hybridized carbons (Fsp3) is 0.550. The van der Waals surface area contributed by atoms with Gasteiger partial charge in [-0.15, -0.1) is 24.0 Å². The Balaban J connectivity index is 0.00000320. The SMILES string of the molecule is CCc1nsc(N2CCN(C(=NC)NCC(C)Oc3cccc(OC)c3)CC2)n1.I. The van der Waals surface area contributed by atoms with Crippen molar-refractivity contribution in [1.29, 1.82) is 0 Å². The van der Waals surface area contributed by atoms with Crippen LogP contribution in [0, 0.1) is 0 Å². The van der Waals surface area contributed by atoms with E-state index in [0.29, 0.717) is 6.54 Å². The first-order chi connectivity index (χ1) is 14.1. The van der Waals surface area contributed by atoms with Crippen LogP contribution in [0.15, 0.2) is 29.3 Å². The van der Waals surface area contributed by atoms with Crippen molar-refractivity contribution >= 4 is 46.6 Å². The number of hydrogen-bond acceptors (Lipinski definition) is 7. The number of nitrogens with one attached hydrogen (secondary N) is 1. The van der Waals surface area contributed by atoms with Crippen LogP contribution in [0.1, 0.15) is 19.7 Å². The van der Waals surface area contributed by atoms with Crippen LogP contribution in [-0.4, -0.2) is 73.2 Å². The second-order valence-corrected chi connectivity index (χ2v) is 7.59. The fourth-order valence-electron chi connectivity index (χ4n) is 3.14. The molecule has 0 radical (unpaired) electrons. The third kappa shape index (κ3) is 6.59. The lowest BCUT2D eigenvalue weighted by molar-refractivity contribution is 0.220. The molecule has 2 aromatic rings. The molecule has 1 aliphatic rings. The van der Waals surface area contributed by atoms with Gasteiger partial charge in [0.05, 0.1) is 13.7 Å². The number of aromatic nitrogens is 2. The molecule has 1 atom stereocenters. The van der Waals surface area contributed by atoms with Crippen molar-refractivity contribution in [3.8, 4) is 11.5 Å². The number of halogens is 1. The molecule has 10 heteroatoms. The Bertz CT molecular complexity index is 810. The van der Waals surface area contributed by atoms with Crippen LogP contribution in [0.5, 0.6) is 11.5 Å². The topological polar surface area (TPSA) is 75.1 Å². The Labute approximate surface area is 199 Å². The summed E-state index contributed by atoms with van der Waals surface area (Å²) < 4.78 is 15.6. The summed E-state index contributed by atoms with van der Waals surface area (Å²) in [6.45, 7) is 8.40. The number of aryl methyl sites for hydroxylation is 1. The van der Waals surface area contributed by atoms with Crippen molar-refractivity contribution in [3.05, 3.63) is 30.1 Å². The Morgan fingerprint density at radius 2 is 2.00 bits per heavy atom. The third-order valence-corrected chi connectivity index (χ3v) is 5.58. The van der Waals surface area contributed by atoms with Crippen LogP contribution >= 0.6 is 35.5 Å². The van der Waals surface area contributed by atoms with Gasteiger partial charge in [-0.1, -0.05) is 13.0 Å². The summed E-state index contributed by atoms with van der Waals surface area (Å²) >= 11 is 1.49. The summed E-state index contributed by atoms with van der Waals surface area (Å²) in [6, 6.07) is 7.66. The van der Waals surface area contributed by atoms with E-state index in [2.05, 4.69) is 36.4 Å². The van der Waals surface area contributed by atoms with Crippen LogP contribution in [0.2, 0.25) is 0 Å². The van der Waals surface area contributed by atoms with E-state index in [1.165, 1.54) is 11.5 Å². The van der Waals surface area contributed by atoms with Crippen molar-refractivity contribution in [2.75, 3.05) is 51.8 Å². The predicted molar refractivity (Wildman–Crippen MR) is 133 cm³/mol. The van der Waals surface area contributed by atoms with E-state index in [1.54, 1.807) is 7.11 Å². The van der Waals surface area contributed by atoms with Gasteiger partial charge in [0.1, 0.15) is 23.4 Å². The molecule has 1 aromatic heterocycles. The molecule has 0 spiro atoms. The summed E-state index contributed by atoms with van der Waals surface area (Å²) in [7, 11) is 3.47. The maximum Gasteiger partial charge on any atom is 0.205 e. The molecule has 1 aromatic carbocycles. The van der Waals surface area contributed by atoms with E-state index in [9.17, 15) is 0 Å².